The van der Waals surface area contributed by atoms with Gasteiger partial charge < -0.3 is 5.73 Å². The lowest BCUT2D eigenvalue weighted by molar-refractivity contribution is 0.332. The van der Waals surface area contributed by atoms with E-state index >= 15 is 0 Å². The van der Waals surface area contributed by atoms with Gasteiger partial charge in [0.2, 0.25) is 0 Å². The molecule has 1 saturated carbocycles. The van der Waals surface area contributed by atoms with E-state index in [1.165, 1.54) is 0 Å². The van der Waals surface area contributed by atoms with Crippen LogP contribution in [0.15, 0.2) is 0 Å². The lowest BCUT2D eigenvalue weighted by atomic mass is 9.82. The Bertz CT molecular complexity index is 101. The summed E-state index contributed by atoms with van der Waals surface area (Å²) < 4.78 is 0. The Labute approximate surface area is 55.1 Å². The first-order valence-electron chi connectivity index (χ1n) is 2.48. The Hall–Kier alpha value is -0.260. The number of rotatable bonds is 0. The number of nitriles is 1. The monoisotopic (exact) mass is 132 g/mol. The van der Waals surface area contributed by atoms with E-state index in [0.717, 1.165) is 12.8 Å². The Morgan fingerprint density at radius 1 is 1.50 bits per heavy atom. The van der Waals surface area contributed by atoms with Crippen molar-refractivity contribution in [1.29, 1.82) is 5.26 Å². The van der Waals surface area contributed by atoms with E-state index in [1.54, 1.807) is 0 Å². The van der Waals surface area contributed by atoms with Gasteiger partial charge in [-0.1, -0.05) is 0 Å². The molecule has 0 heterocycles. The average Bonchev–Trinajstić information content (AvgIpc) is 1.58. The van der Waals surface area contributed by atoms with Gasteiger partial charge >= 0.3 is 0 Å². The molecule has 46 valence electrons. The van der Waals surface area contributed by atoms with Crippen molar-refractivity contribution in [2.75, 3.05) is 0 Å². The molecular formula is C5H9ClN2. The molecule has 0 amide bonds. The van der Waals surface area contributed by atoms with Crippen molar-refractivity contribution in [3.63, 3.8) is 0 Å². The van der Waals surface area contributed by atoms with E-state index in [0.29, 0.717) is 6.04 Å². The predicted molar refractivity (Wildman–Crippen MR) is 33.6 cm³/mol. The van der Waals surface area contributed by atoms with Gasteiger partial charge in [-0.25, -0.2) is 0 Å². The van der Waals surface area contributed by atoms with Gasteiger partial charge in [0.25, 0.3) is 0 Å². The number of hydrogen-bond donors (Lipinski definition) is 1. The third kappa shape index (κ3) is 1.36. The van der Waals surface area contributed by atoms with Crippen LogP contribution in [0.25, 0.3) is 0 Å². The molecule has 8 heavy (non-hydrogen) atoms. The Kier molecular flexibility index (Phi) is 2.81. The van der Waals surface area contributed by atoms with Gasteiger partial charge in [0.1, 0.15) is 0 Å². The zero-order chi connectivity index (χ0) is 5.28. The number of hydrogen-bond acceptors (Lipinski definition) is 2. The fraction of sp³-hybridized carbons (Fsp3) is 0.800. The summed E-state index contributed by atoms with van der Waals surface area (Å²) in [6.07, 6.45) is 1.83. The second-order valence-electron chi connectivity index (χ2n) is 2.06. The van der Waals surface area contributed by atoms with E-state index in [2.05, 4.69) is 6.07 Å². The van der Waals surface area contributed by atoms with Crippen molar-refractivity contribution in [2.45, 2.75) is 18.9 Å². The number of nitrogens with two attached hydrogens (primary N) is 1. The molecule has 2 nitrogen and oxygen atoms in total. The highest BCUT2D eigenvalue weighted by molar-refractivity contribution is 5.85. The van der Waals surface area contributed by atoms with Gasteiger partial charge in [-0.05, 0) is 12.8 Å². The topological polar surface area (TPSA) is 49.8 Å². The number of halogens is 1. The molecule has 3 heteroatoms. The number of nitrogens with zero attached hydrogens (tertiary/aromatic N) is 1. The minimum absolute atomic E-state index is 0. The summed E-state index contributed by atoms with van der Waals surface area (Å²) in [7, 11) is 0. The zero-order valence-electron chi connectivity index (χ0n) is 4.50. The maximum absolute atomic E-state index is 8.20. The molecule has 1 aliphatic carbocycles. The van der Waals surface area contributed by atoms with Crippen LogP contribution in [0, 0.1) is 17.2 Å². The van der Waals surface area contributed by atoms with Gasteiger partial charge in [0.05, 0.1) is 6.07 Å². The van der Waals surface area contributed by atoms with Crippen molar-refractivity contribution >= 4 is 12.4 Å². The Morgan fingerprint density at radius 2 is 2.00 bits per heavy atom. The molecule has 0 radical (unpaired) electrons. The maximum atomic E-state index is 8.20. The van der Waals surface area contributed by atoms with E-state index in [4.69, 9.17) is 11.0 Å². The van der Waals surface area contributed by atoms with Gasteiger partial charge in [-0.3, -0.25) is 0 Å². The van der Waals surface area contributed by atoms with Gasteiger partial charge in [0.15, 0.2) is 0 Å². The summed E-state index contributed by atoms with van der Waals surface area (Å²) in [4.78, 5) is 0. The Balaban J connectivity index is 0.000000490. The maximum Gasteiger partial charge on any atom is 0.0657 e. The molecule has 2 N–H and O–H groups in total. The second-order valence-corrected chi connectivity index (χ2v) is 2.06. The molecule has 1 aliphatic rings. The summed E-state index contributed by atoms with van der Waals surface area (Å²) >= 11 is 0. The smallest absolute Gasteiger partial charge is 0.0657 e. The normalized spacial score (nSPS) is 34.0. The molecule has 0 atom stereocenters. The van der Waals surface area contributed by atoms with Crippen molar-refractivity contribution in [3.05, 3.63) is 0 Å². The van der Waals surface area contributed by atoms with E-state index in [1.807, 2.05) is 0 Å². The molecule has 1 rings (SSSR count). The SMILES string of the molecule is Cl.N#CC1CC(N)C1. The van der Waals surface area contributed by atoms with Crippen molar-refractivity contribution in [2.24, 2.45) is 11.7 Å². The predicted octanol–water partition coefficient (Wildman–Crippen LogP) is 0.669. The van der Waals surface area contributed by atoms with Crippen molar-refractivity contribution < 1.29 is 0 Å². The standard InChI is InChI=1S/C5H8N2.ClH/c6-3-4-1-5(7)2-4;/h4-5H,1-2,7H2;1H. The lowest BCUT2D eigenvalue weighted by Gasteiger charge is -2.25. The van der Waals surface area contributed by atoms with Crippen LogP contribution in [-0.4, -0.2) is 6.04 Å². The van der Waals surface area contributed by atoms with E-state index < -0.39 is 0 Å². The van der Waals surface area contributed by atoms with E-state index in [9.17, 15) is 0 Å². The van der Waals surface area contributed by atoms with Gasteiger partial charge in [0, 0.05) is 12.0 Å². The largest absolute Gasteiger partial charge is 0.328 e. The minimum atomic E-state index is 0. The van der Waals surface area contributed by atoms with Crippen LogP contribution in [0.2, 0.25) is 0 Å². The van der Waals surface area contributed by atoms with Gasteiger partial charge in [-0.2, -0.15) is 5.26 Å². The third-order valence-electron chi connectivity index (χ3n) is 1.36. The van der Waals surface area contributed by atoms with Crippen molar-refractivity contribution in [3.8, 4) is 6.07 Å². The molecule has 0 unspecified atom stereocenters. The summed E-state index contributed by atoms with van der Waals surface area (Å²) in [6, 6.07) is 2.48. The summed E-state index contributed by atoms with van der Waals surface area (Å²) in [5.41, 5.74) is 5.39. The molecule has 0 saturated heterocycles. The summed E-state index contributed by atoms with van der Waals surface area (Å²) in [5, 5.41) is 8.20. The van der Waals surface area contributed by atoms with Crippen LogP contribution >= 0.6 is 12.4 Å². The van der Waals surface area contributed by atoms with Crippen LogP contribution in [0.4, 0.5) is 0 Å². The fourth-order valence-corrected chi connectivity index (χ4v) is 0.767. The third-order valence-corrected chi connectivity index (χ3v) is 1.36. The molecule has 0 aromatic rings. The fourth-order valence-electron chi connectivity index (χ4n) is 0.767. The summed E-state index contributed by atoms with van der Waals surface area (Å²) in [5.74, 6) is 0.273. The van der Waals surface area contributed by atoms with Crippen LogP contribution in [0.1, 0.15) is 12.8 Å². The van der Waals surface area contributed by atoms with Crippen LogP contribution in [-0.2, 0) is 0 Å². The first-order valence-corrected chi connectivity index (χ1v) is 2.48. The quantitative estimate of drug-likeness (QED) is 0.527. The zero-order valence-corrected chi connectivity index (χ0v) is 5.32. The first kappa shape index (κ1) is 7.74. The second kappa shape index (κ2) is 2.91. The van der Waals surface area contributed by atoms with Crippen LogP contribution in [0.5, 0.6) is 0 Å². The molecule has 0 aromatic heterocycles. The first-order chi connectivity index (χ1) is 3.33. The lowest BCUT2D eigenvalue weighted by Crippen LogP contribution is -2.35. The van der Waals surface area contributed by atoms with Crippen LogP contribution < -0.4 is 5.73 Å². The highest BCUT2D eigenvalue weighted by Gasteiger charge is 2.24. The van der Waals surface area contributed by atoms with Crippen LogP contribution in [0.3, 0.4) is 0 Å². The average molecular weight is 133 g/mol. The molecule has 0 bridgehead atoms. The molecule has 1 fully saturated rings. The molecular weight excluding hydrogens is 124 g/mol. The minimum Gasteiger partial charge on any atom is -0.328 e. The summed E-state index contributed by atoms with van der Waals surface area (Å²) in [6.45, 7) is 0. The Morgan fingerprint density at radius 3 is 2.12 bits per heavy atom. The molecule has 0 aromatic carbocycles. The van der Waals surface area contributed by atoms with E-state index in [-0.39, 0.29) is 18.3 Å². The molecule has 0 spiro atoms. The van der Waals surface area contributed by atoms with Gasteiger partial charge in [-0.15, -0.1) is 12.4 Å². The van der Waals surface area contributed by atoms with Crippen molar-refractivity contribution in [1.82, 2.24) is 0 Å². The molecule has 0 aliphatic heterocycles. The highest BCUT2D eigenvalue weighted by atomic mass is 35.5. The highest BCUT2D eigenvalue weighted by Crippen LogP contribution is 2.23.